The topological polar surface area (TPSA) is 34.2 Å². The summed E-state index contributed by atoms with van der Waals surface area (Å²) in [6, 6.07) is 6.64. The van der Waals surface area contributed by atoms with E-state index < -0.39 is 0 Å². The molecule has 0 aliphatic carbocycles. The average molecular weight is 276 g/mol. The number of ether oxygens (including phenoxy) is 1. The highest BCUT2D eigenvalue weighted by molar-refractivity contribution is 7.09. The molecule has 2 rings (SSSR count). The number of aryl methyl sites for hydroxylation is 1. The lowest BCUT2D eigenvalue weighted by molar-refractivity contribution is 0.399. The molecule has 1 heterocycles. The second-order valence-electron chi connectivity index (χ2n) is 4.53. The molecule has 0 aliphatic rings. The summed E-state index contributed by atoms with van der Waals surface area (Å²) in [5, 5.41) is 3.53. The molecule has 0 fully saturated rings. The van der Waals surface area contributed by atoms with Crippen LogP contribution in [0, 0.1) is 6.92 Å². The first-order valence-corrected chi connectivity index (χ1v) is 7.37. The molecule has 0 spiro atoms. The molecule has 1 aromatic carbocycles. The molecule has 1 aromatic heterocycles. The predicted octanol–water partition coefficient (Wildman–Crippen LogP) is 3.35. The lowest BCUT2D eigenvalue weighted by atomic mass is 10.0. The van der Waals surface area contributed by atoms with Crippen molar-refractivity contribution >= 4 is 11.3 Å². The van der Waals surface area contributed by atoms with Crippen molar-refractivity contribution in [2.75, 3.05) is 13.7 Å². The Kier molecular flexibility index (Phi) is 4.93. The second kappa shape index (κ2) is 6.68. The molecule has 1 atom stereocenters. The van der Waals surface area contributed by atoms with E-state index in [1.165, 1.54) is 16.0 Å². The fourth-order valence-corrected chi connectivity index (χ4v) is 2.83. The monoisotopic (exact) mass is 276 g/mol. The molecule has 3 nitrogen and oxygen atoms in total. The summed E-state index contributed by atoms with van der Waals surface area (Å²) in [6.45, 7) is 5.14. The van der Waals surface area contributed by atoms with Crippen LogP contribution in [0.5, 0.6) is 5.75 Å². The molecular formula is C15H20N2OS. The third kappa shape index (κ3) is 3.55. The molecule has 2 aromatic rings. The zero-order valence-electron chi connectivity index (χ0n) is 11.6. The van der Waals surface area contributed by atoms with Crippen LogP contribution in [0.3, 0.4) is 0 Å². The van der Waals surface area contributed by atoms with Crippen LogP contribution in [-0.4, -0.2) is 18.6 Å². The smallest absolute Gasteiger partial charge is 0.123 e. The standard InChI is InChI=1S/C15H20N2OS/c1-4-17-14(8-12-9-16-10-19-12)13-6-5-11(2)7-15(13)18-3/h5-7,9-10,14,17H,4,8H2,1-3H3. The molecule has 0 bridgehead atoms. The van der Waals surface area contributed by atoms with Gasteiger partial charge in [-0.15, -0.1) is 11.3 Å². The minimum Gasteiger partial charge on any atom is -0.496 e. The maximum atomic E-state index is 5.52. The van der Waals surface area contributed by atoms with Crippen molar-refractivity contribution in [2.45, 2.75) is 26.3 Å². The second-order valence-corrected chi connectivity index (χ2v) is 5.50. The Morgan fingerprint density at radius 3 is 2.89 bits per heavy atom. The molecule has 0 saturated heterocycles. The number of hydrogen-bond donors (Lipinski definition) is 1. The summed E-state index contributed by atoms with van der Waals surface area (Å²) in [4.78, 5) is 5.43. The number of nitrogens with zero attached hydrogens (tertiary/aromatic N) is 1. The molecule has 1 N–H and O–H groups in total. The molecule has 0 radical (unpaired) electrons. The van der Waals surface area contributed by atoms with Gasteiger partial charge in [0.05, 0.1) is 12.6 Å². The normalized spacial score (nSPS) is 12.4. The largest absolute Gasteiger partial charge is 0.496 e. The van der Waals surface area contributed by atoms with Crippen molar-refractivity contribution in [1.82, 2.24) is 10.3 Å². The van der Waals surface area contributed by atoms with E-state index in [9.17, 15) is 0 Å². The van der Waals surface area contributed by atoms with Gasteiger partial charge in [0.2, 0.25) is 0 Å². The Morgan fingerprint density at radius 1 is 1.42 bits per heavy atom. The van der Waals surface area contributed by atoms with Crippen molar-refractivity contribution in [3.63, 3.8) is 0 Å². The van der Waals surface area contributed by atoms with Crippen molar-refractivity contribution < 1.29 is 4.74 Å². The van der Waals surface area contributed by atoms with Gasteiger partial charge in [-0.1, -0.05) is 19.1 Å². The minimum atomic E-state index is 0.265. The Morgan fingerprint density at radius 2 is 2.26 bits per heavy atom. The summed E-state index contributed by atoms with van der Waals surface area (Å²) in [5.74, 6) is 0.954. The van der Waals surface area contributed by atoms with E-state index in [1.807, 2.05) is 11.7 Å². The van der Waals surface area contributed by atoms with Gasteiger partial charge in [-0.3, -0.25) is 4.98 Å². The van der Waals surface area contributed by atoms with Crippen LogP contribution in [0.15, 0.2) is 29.9 Å². The molecule has 1 unspecified atom stereocenters. The summed E-state index contributed by atoms with van der Waals surface area (Å²) < 4.78 is 5.52. The Balaban J connectivity index is 2.27. The number of hydrogen-bond acceptors (Lipinski definition) is 4. The molecule has 0 aliphatic heterocycles. The van der Waals surface area contributed by atoms with Crippen LogP contribution >= 0.6 is 11.3 Å². The molecule has 4 heteroatoms. The Labute approximate surface area is 118 Å². The molecule has 102 valence electrons. The number of likely N-dealkylation sites (N-methyl/N-ethyl adjacent to an activating group) is 1. The minimum absolute atomic E-state index is 0.265. The summed E-state index contributed by atoms with van der Waals surface area (Å²) in [5.41, 5.74) is 4.31. The van der Waals surface area contributed by atoms with Gasteiger partial charge in [0.1, 0.15) is 5.75 Å². The van der Waals surface area contributed by atoms with Gasteiger partial charge in [0, 0.05) is 29.1 Å². The summed E-state index contributed by atoms with van der Waals surface area (Å²) in [6.07, 6.45) is 2.88. The zero-order valence-corrected chi connectivity index (χ0v) is 12.5. The molecule has 0 saturated carbocycles. The third-order valence-corrected chi connectivity index (χ3v) is 3.91. The Hall–Kier alpha value is -1.39. The number of nitrogens with one attached hydrogen (secondary N) is 1. The first-order valence-electron chi connectivity index (χ1n) is 6.50. The van der Waals surface area contributed by atoms with Crippen molar-refractivity contribution in [2.24, 2.45) is 0 Å². The highest BCUT2D eigenvalue weighted by atomic mass is 32.1. The van der Waals surface area contributed by atoms with E-state index in [4.69, 9.17) is 4.74 Å². The van der Waals surface area contributed by atoms with Gasteiger partial charge in [-0.05, 0) is 25.1 Å². The van der Waals surface area contributed by atoms with Crippen molar-refractivity contribution in [1.29, 1.82) is 0 Å². The zero-order chi connectivity index (χ0) is 13.7. The third-order valence-electron chi connectivity index (χ3n) is 3.10. The van der Waals surface area contributed by atoms with Crippen LogP contribution in [0.4, 0.5) is 0 Å². The van der Waals surface area contributed by atoms with Crippen LogP contribution < -0.4 is 10.1 Å². The summed E-state index contributed by atoms with van der Waals surface area (Å²) in [7, 11) is 1.73. The van der Waals surface area contributed by atoms with Crippen LogP contribution in [0.1, 0.15) is 29.0 Å². The fraction of sp³-hybridized carbons (Fsp3) is 0.400. The van der Waals surface area contributed by atoms with Crippen LogP contribution in [0.25, 0.3) is 0 Å². The lowest BCUT2D eigenvalue weighted by Crippen LogP contribution is -2.23. The van der Waals surface area contributed by atoms with Gasteiger partial charge in [0.25, 0.3) is 0 Å². The number of thiazole rings is 1. The van der Waals surface area contributed by atoms with Gasteiger partial charge in [-0.25, -0.2) is 0 Å². The molecular weight excluding hydrogens is 256 g/mol. The predicted molar refractivity (Wildman–Crippen MR) is 80.0 cm³/mol. The number of rotatable bonds is 6. The van der Waals surface area contributed by atoms with Gasteiger partial charge in [0.15, 0.2) is 0 Å². The van der Waals surface area contributed by atoms with E-state index in [-0.39, 0.29) is 6.04 Å². The van der Waals surface area contributed by atoms with E-state index in [1.54, 1.807) is 18.4 Å². The van der Waals surface area contributed by atoms with Gasteiger partial charge >= 0.3 is 0 Å². The fourth-order valence-electron chi connectivity index (χ4n) is 2.19. The van der Waals surface area contributed by atoms with Crippen molar-refractivity contribution in [3.8, 4) is 5.75 Å². The maximum Gasteiger partial charge on any atom is 0.123 e. The number of aromatic nitrogens is 1. The van der Waals surface area contributed by atoms with Crippen LogP contribution in [-0.2, 0) is 6.42 Å². The molecule has 19 heavy (non-hydrogen) atoms. The summed E-state index contributed by atoms with van der Waals surface area (Å²) >= 11 is 1.70. The number of methoxy groups -OCH3 is 1. The van der Waals surface area contributed by atoms with E-state index in [0.717, 1.165) is 18.7 Å². The van der Waals surface area contributed by atoms with Gasteiger partial charge in [-0.2, -0.15) is 0 Å². The highest BCUT2D eigenvalue weighted by Gasteiger charge is 2.16. The average Bonchev–Trinajstić information content (AvgIpc) is 2.91. The van der Waals surface area contributed by atoms with E-state index in [2.05, 4.69) is 42.3 Å². The lowest BCUT2D eigenvalue weighted by Gasteiger charge is -2.20. The maximum absolute atomic E-state index is 5.52. The van der Waals surface area contributed by atoms with Gasteiger partial charge < -0.3 is 10.1 Å². The number of benzene rings is 1. The van der Waals surface area contributed by atoms with Crippen molar-refractivity contribution in [3.05, 3.63) is 45.9 Å². The van der Waals surface area contributed by atoms with E-state index >= 15 is 0 Å². The SMILES string of the molecule is CCNC(Cc1cncs1)c1ccc(C)cc1OC. The highest BCUT2D eigenvalue weighted by Crippen LogP contribution is 2.29. The molecule has 0 amide bonds. The van der Waals surface area contributed by atoms with E-state index in [0.29, 0.717) is 0 Å². The Bertz CT molecular complexity index is 511. The van der Waals surface area contributed by atoms with Crippen LogP contribution in [0.2, 0.25) is 0 Å². The first-order chi connectivity index (χ1) is 9.24. The quantitative estimate of drug-likeness (QED) is 0.878. The first kappa shape index (κ1) is 14.0.